The highest BCUT2D eigenvalue weighted by Crippen LogP contribution is 2.61. The summed E-state index contributed by atoms with van der Waals surface area (Å²) in [6, 6.07) is 13.0. The average Bonchev–Trinajstić information content (AvgIpc) is 2.91. The Labute approximate surface area is 156 Å². The molecule has 3 rings (SSSR count). The van der Waals surface area contributed by atoms with E-state index in [0.717, 1.165) is 19.3 Å². The number of ether oxygens (including phenoxy) is 1. The van der Waals surface area contributed by atoms with Gasteiger partial charge in [0, 0.05) is 0 Å². The summed E-state index contributed by atoms with van der Waals surface area (Å²) in [6.45, 7) is 2.66. The number of rotatable bonds is 7. The van der Waals surface area contributed by atoms with Crippen LogP contribution in [0.3, 0.4) is 0 Å². The van der Waals surface area contributed by atoms with Crippen molar-refractivity contribution >= 4 is 20.4 Å². The minimum Gasteiger partial charge on any atom is -0.494 e. The first-order chi connectivity index (χ1) is 12.4. The Morgan fingerprint density at radius 2 is 1.85 bits per heavy atom. The first kappa shape index (κ1) is 19.2. The van der Waals surface area contributed by atoms with Gasteiger partial charge in [-0.1, -0.05) is 38.0 Å². The molecule has 0 aliphatic carbocycles. The highest BCUT2D eigenvalue weighted by atomic mass is 32.3. The van der Waals surface area contributed by atoms with Crippen LogP contribution < -0.4 is 4.74 Å². The molecule has 1 unspecified atom stereocenters. The summed E-state index contributed by atoms with van der Waals surface area (Å²) in [5.74, 6) is 0.351. The van der Waals surface area contributed by atoms with Crippen LogP contribution >= 0.6 is 10.6 Å². The van der Waals surface area contributed by atoms with E-state index in [1.807, 2.05) is 0 Å². The molecule has 0 saturated heterocycles. The number of hydrogen-bond acceptors (Lipinski definition) is 5. The van der Waals surface area contributed by atoms with Crippen LogP contribution in [0.15, 0.2) is 58.3 Å². The quantitative estimate of drug-likeness (QED) is 0.651. The number of fused-ring (bicyclic) bond motifs is 1. The van der Waals surface area contributed by atoms with E-state index in [9.17, 15) is 17.5 Å². The Hall–Kier alpha value is -1.54. The van der Waals surface area contributed by atoms with Crippen molar-refractivity contribution in [3.63, 3.8) is 0 Å². The summed E-state index contributed by atoms with van der Waals surface area (Å²) >= 11 is 0. The highest BCUT2D eigenvalue weighted by molar-refractivity contribution is 8.25. The van der Waals surface area contributed by atoms with Crippen molar-refractivity contribution in [2.24, 2.45) is 0 Å². The average molecular weight is 397 g/mol. The van der Waals surface area contributed by atoms with E-state index in [2.05, 4.69) is 6.92 Å². The first-order valence-corrected chi connectivity index (χ1v) is 11.9. The fourth-order valence-electron chi connectivity index (χ4n) is 3.13. The Bertz CT molecular complexity index is 863. The van der Waals surface area contributed by atoms with Crippen molar-refractivity contribution in [1.82, 2.24) is 0 Å². The maximum Gasteiger partial charge on any atom is 0.187 e. The van der Waals surface area contributed by atoms with Gasteiger partial charge in [-0.2, -0.15) is 10.6 Å². The van der Waals surface area contributed by atoms with Crippen molar-refractivity contribution in [1.29, 1.82) is 0 Å². The molecule has 142 valence electrons. The highest BCUT2D eigenvalue weighted by Gasteiger charge is 2.43. The number of sulfone groups is 1. The lowest BCUT2D eigenvalue weighted by molar-refractivity contribution is 0.306. The van der Waals surface area contributed by atoms with Crippen LogP contribution in [0.1, 0.15) is 37.0 Å². The monoisotopic (exact) mass is 396 g/mol. The Balaban J connectivity index is 1.94. The molecule has 5 nitrogen and oxygen atoms in total. The number of benzene rings is 2. The van der Waals surface area contributed by atoms with Crippen LogP contribution in [0.25, 0.3) is 0 Å². The molecule has 1 heterocycles. The van der Waals surface area contributed by atoms with Gasteiger partial charge in [0.1, 0.15) is 11.0 Å². The van der Waals surface area contributed by atoms with Gasteiger partial charge in [-0.25, -0.2) is 8.42 Å². The third kappa shape index (κ3) is 3.76. The van der Waals surface area contributed by atoms with Crippen LogP contribution in [0.2, 0.25) is 0 Å². The van der Waals surface area contributed by atoms with Crippen LogP contribution in [-0.2, 0) is 9.84 Å². The number of hydrogen-bond donors (Lipinski definition) is 2. The molecule has 1 aliphatic rings. The van der Waals surface area contributed by atoms with Gasteiger partial charge >= 0.3 is 0 Å². The van der Waals surface area contributed by atoms with Gasteiger partial charge in [0.25, 0.3) is 0 Å². The first-order valence-electron chi connectivity index (χ1n) is 8.68. The smallest absolute Gasteiger partial charge is 0.187 e. The second-order valence-corrected chi connectivity index (χ2v) is 10.7. The van der Waals surface area contributed by atoms with Crippen LogP contribution in [-0.4, -0.2) is 29.9 Å². The molecular weight excluding hydrogens is 372 g/mol. The summed E-state index contributed by atoms with van der Waals surface area (Å²) in [7, 11) is -6.85. The molecule has 0 radical (unpaired) electrons. The summed E-state index contributed by atoms with van der Waals surface area (Å²) in [6.07, 6.45) is 3.08. The largest absolute Gasteiger partial charge is 0.494 e. The standard InChI is InChI=1S/C19H24O5S2/c1-2-3-7-12-24-15-10-11-18-17(13-15)19(14-25(18,20)21)26(22,23)16-8-5-4-6-9-16/h4-6,8-11,13,19-21H,2-3,7,12,14H2,1H3. The van der Waals surface area contributed by atoms with E-state index in [-0.39, 0.29) is 10.6 Å². The second kappa shape index (κ2) is 7.60. The Kier molecular flexibility index (Phi) is 5.62. The van der Waals surface area contributed by atoms with E-state index in [4.69, 9.17) is 4.74 Å². The molecular formula is C19H24O5S2. The molecule has 2 aromatic rings. The molecule has 0 amide bonds. The topological polar surface area (TPSA) is 83.8 Å². The molecule has 1 atom stereocenters. The van der Waals surface area contributed by atoms with Gasteiger partial charge in [0.2, 0.25) is 0 Å². The molecule has 1 aliphatic heterocycles. The zero-order valence-electron chi connectivity index (χ0n) is 14.7. The van der Waals surface area contributed by atoms with E-state index in [1.54, 1.807) is 36.4 Å². The third-order valence-electron chi connectivity index (χ3n) is 4.53. The maximum absolute atomic E-state index is 13.0. The van der Waals surface area contributed by atoms with Crippen molar-refractivity contribution in [2.45, 2.75) is 41.2 Å². The van der Waals surface area contributed by atoms with E-state index >= 15 is 0 Å². The molecule has 0 spiro atoms. The fraction of sp³-hybridized carbons (Fsp3) is 0.368. The van der Waals surface area contributed by atoms with Crippen molar-refractivity contribution in [3.05, 3.63) is 54.1 Å². The lowest BCUT2D eigenvalue weighted by atomic mass is 10.1. The molecule has 26 heavy (non-hydrogen) atoms. The molecule has 0 bridgehead atoms. The minimum atomic E-state index is -3.72. The molecule has 7 heteroatoms. The number of unbranched alkanes of at least 4 members (excludes halogenated alkanes) is 2. The van der Waals surface area contributed by atoms with E-state index < -0.39 is 25.7 Å². The van der Waals surface area contributed by atoms with Crippen molar-refractivity contribution < 1.29 is 22.3 Å². The molecule has 2 aromatic carbocycles. The zero-order valence-corrected chi connectivity index (χ0v) is 16.3. The molecule has 2 N–H and O–H groups in total. The lowest BCUT2D eigenvalue weighted by Crippen LogP contribution is -2.15. The lowest BCUT2D eigenvalue weighted by Gasteiger charge is -2.27. The fourth-order valence-corrected chi connectivity index (χ4v) is 7.53. The molecule has 0 fully saturated rings. The Morgan fingerprint density at radius 1 is 1.12 bits per heavy atom. The molecule has 0 saturated carbocycles. The summed E-state index contributed by atoms with van der Waals surface area (Å²) in [5.41, 5.74) is 0.432. The normalized spacial score (nSPS) is 19.7. The Morgan fingerprint density at radius 3 is 2.54 bits per heavy atom. The zero-order chi connectivity index (χ0) is 18.8. The van der Waals surface area contributed by atoms with Gasteiger partial charge in [-0.05, 0) is 42.3 Å². The van der Waals surface area contributed by atoms with E-state index in [0.29, 0.717) is 22.8 Å². The van der Waals surface area contributed by atoms with Gasteiger partial charge in [0.05, 0.1) is 22.2 Å². The SMILES string of the molecule is CCCCCOc1ccc2c(c1)C(S(=O)(=O)c1ccccc1)CS2(O)O. The summed E-state index contributed by atoms with van der Waals surface area (Å²) in [5, 5.41) is -0.982. The minimum absolute atomic E-state index is 0.183. The van der Waals surface area contributed by atoms with Crippen LogP contribution in [0.4, 0.5) is 0 Å². The third-order valence-corrected chi connectivity index (χ3v) is 8.71. The second-order valence-electron chi connectivity index (χ2n) is 6.44. The van der Waals surface area contributed by atoms with Gasteiger partial charge in [-0.15, -0.1) is 0 Å². The summed E-state index contributed by atoms with van der Waals surface area (Å²) < 4.78 is 52.6. The van der Waals surface area contributed by atoms with Gasteiger partial charge in [0.15, 0.2) is 9.84 Å². The predicted octanol–water partition coefficient (Wildman–Crippen LogP) is 4.89. The van der Waals surface area contributed by atoms with Crippen LogP contribution in [0, 0.1) is 0 Å². The molecule has 0 aromatic heterocycles. The van der Waals surface area contributed by atoms with Crippen LogP contribution in [0.5, 0.6) is 5.75 Å². The van der Waals surface area contributed by atoms with Gasteiger partial charge < -0.3 is 4.74 Å². The van der Waals surface area contributed by atoms with Crippen molar-refractivity contribution in [3.8, 4) is 5.75 Å². The van der Waals surface area contributed by atoms with Crippen molar-refractivity contribution in [2.75, 3.05) is 12.4 Å². The summed E-state index contributed by atoms with van der Waals surface area (Å²) in [4.78, 5) is 0.491. The predicted molar refractivity (Wildman–Crippen MR) is 104 cm³/mol. The van der Waals surface area contributed by atoms with Gasteiger partial charge in [-0.3, -0.25) is 9.11 Å². The maximum atomic E-state index is 13.0. The van der Waals surface area contributed by atoms with E-state index in [1.165, 1.54) is 12.1 Å².